The molecule has 2 nitrogen and oxygen atoms in total. The Balaban J connectivity index is 2.01. The number of hydrogen-bond donors (Lipinski definition) is 1. The van der Waals surface area contributed by atoms with E-state index in [0.29, 0.717) is 9.84 Å². The second-order valence-electron chi connectivity index (χ2n) is 8.52. The predicted molar refractivity (Wildman–Crippen MR) is 112 cm³/mol. The third kappa shape index (κ3) is 2.31. The van der Waals surface area contributed by atoms with Crippen molar-refractivity contribution in [2.24, 2.45) is 10.8 Å². The minimum absolute atomic E-state index is 0.116. The van der Waals surface area contributed by atoms with Crippen LogP contribution in [0.1, 0.15) is 72.6 Å². The molecule has 0 aromatic heterocycles. The summed E-state index contributed by atoms with van der Waals surface area (Å²) in [6.07, 6.45) is 9.10. The van der Waals surface area contributed by atoms with E-state index in [1.165, 1.54) is 27.8 Å². The fourth-order valence-corrected chi connectivity index (χ4v) is 5.55. The summed E-state index contributed by atoms with van der Waals surface area (Å²) < 4.78 is 6.54. The smallest absolute Gasteiger partial charge is 0.127 e. The maximum Gasteiger partial charge on any atom is 0.127 e. The Bertz CT molecular complexity index is 792. The molecule has 2 aliphatic carbocycles. The highest BCUT2D eigenvalue weighted by atomic mass is 127. The predicted octanol–water partition coefficient (Wildman–Crippen LogP) is 5.89. The molecule has 0 fully saturated rings. The second-order valence-corrected chi connectivity index (χ2v) is 10.0. The Morgan fingerprint density at radius 2 is 2.12 bits per heavy atom. The van der Waals surface area contributed by atoms with Crippen molar-refractivity contribution in [3.63, 3.8) is 0 Å². The molecule has 1 aromatic rings. The molecule has 0 amide bonds. The molecule has 1 aromatic carbocycles. The third-order valence-electron chi connectivity index (χ3n) is 6.76. The van der Waals surface area contributed by atoms with Gasteiger partial charge in [-0.1, -0.05) is 68.5 Å². The zero-order valence-electron chi connectivity index (χ0n) is 15.5. The highest BCUT2D eigenvalue weighted by Gasteiger charge is 2.50. The summed E-state index contributed by atoms with van der Waals surface area (Å²) in [6, 6.07) is 2.33. The number of aliphatic hydroxyl groups excluding tert-OH is 1. The first-order chi connectivity index (χ1) is 11.8. The van der Waals surface area contributed by atoms with Crippen LogP contribution in [0.25, 0.3) is 11.6 Å². The van der Waals surface area contributed by atoms with E-state index in [1.54, 1.807) is 0 Å². The van der Waals surface area contributed by atoms with Crippen molar-refractivity contribution in [1.82, 2.24) is 0 Å². The van der Waals surface area contributed by atoms with E-state index < -0.39 is 0 Å². The van der Waals surface area contributed by atoms with Crippen molar-refractivity contribution in [2.75, 3.05) is 13.2 Å². The minimum atomic E-state index is -0.126. The summed E-state index contributed by atoms with van der Waals surface area (Å²) in [5.41, 5.74) is 6.55. The normalized spacial score (nSPS) is 32.8. The molecular formula is C22H27IO2. The molecule has 3 aliphatic rings. The van der Waals surface area contributed by atoms with Crippen molar-refractivity contribution in [2.45, 2.75) is 50.4 Å². The standard InChI is InChI=1S/C22H27IO2/c1-13(2)15-10-14-7-9-22(4)16(6-5-8-21(22,3)12-24)18(14)19-17(23)11-25-20(15)19/h6-7,9-10,13,17,24H,5,8,11-12H2,1-4H3/t17-,21+,22+/m0/s1. The highest BCUT2D eigenvalue weighted by molar-refractivity contribution is 14.1. The minimum Gasteiger partial charge on any atom is -0.491 e. The summed E-state index contributed by atoms with van der Waals surface area (Å²) >= 11 is 2.53. The second kappa shape index (κ2) is 5.85. The van der Waals surface area contributed by atoms with Crippen LogP contribution in [0.3, 0.4) is 0 Å². The van der Waals surface area contributed by atoms with Crippen molar-refractivity contribution in [1.29, 1.82) is 0 Å². The molecular weight excluding hydrogens is 423 g/mol. The van der Waals surface area contributed by atoms with Crippen LogP contribution in [0.15, 0.2) is 18.2 Å². The number of hydrogen-bond acceptors (Lipinski definition) is 2. The van der Waals surface area contributed by atoms with Crippen LogP contribution in [-0.4, -0.2) is 18.3 Å². The summed E-state index contributed by atoms with van der Waals surface area (Å²) in [7, 11) is 0. The number of rotatable bonds is 2. The Labute approximate surface area is 164 Å². The number of allylic oxidation sites excluding steroid dienone is 3. The number of ether oxygens (including phenoxy) is 1. The van der Waals surface area contributed by atoms with Crippen LogP contribution >= 0.6 is 22.6 Å². The van der Waals surface area contributed by atoms with Gasteiger partial charge in [-0.15, -0.1) is 0 Å². The zero-order valence-corrected chi connectivity index (χ0v) is 17.7. The zero-order chi connectivity index (χ0) is 18.0. The van der Waals surface area contributed by atoms with Gasteiger partial charge in [-0.05, 0) is 47.1 Å². The number of aliphatic hydroxyl groups is 1. The number of alkyl halides is 1. The van der Waals surface area contributed by atoms with Crippen LogP contribution < -0.4 is 4.74 Å². The average Bonchev–Trinajstić information content (AvgIpc) is 2.97. The molecule has 4 rings (SSSR count). The summed E-state index contributed by atoms with van der Waals surface area (Å²) in [6.45, 7) is 10.00. The number of benzene rings is 1. The molecule has 1 N–H and O–H groups in total. The van der Waals surface area contributed by atoms with E-state index in [-0.39, 0.29) is 17.4 Å². The van der Waals surface area contributed by atoms with E-state index in [1.807, 2.05) is 0 Å². The number of fused-ring (bicyclic) bond motifs is 5. The van der Waals surface area contributed by atoms with Gasteiger partial charge in [0.1, 0.15) is 12.4 Å². The number of halogens is 1. The Hall–Kier alpha value is -0.810. The molecule has 3 heteroatoms. The molecule has 0 bridgehead atoms. The third-order valence-corrected chi connectivity index (χ3v) is 7.74. The first kappa shape index (κ1) is 17.6. The van der Waals surface area contributed by atoms with Gasteiger partial charge in [-0.25, -0.2) is 0 Å². The molecule has 0 radical (unpaired) electrons. The van der Waals surface area contributed by atoms with Crippen LogP contribution in [0.4, 0.5) is 0 Å². The highest BCUT2D eigenvalue weighted by Crippen LogP contribution is 2.61. The van der Waals surface area contributed by atoms with E-state index >= 15 is 0 Å². The van der Waals surface area contributed by atoms with Crippen molar-refractivity contribution in [3.05, 3.63) is 40.5 Å². The van der Waals surface area contributed by atoms with Gasteiger partial charge in [0.25, 0.3) is 0 Å². The van der Waals surface area contributed by atoms with Gasteiger partial charge in [0.05, 0.1) is 3.92 Å². The molecule has 0 saturated heterocycles. The molecule has 0 unspecified atom stereocenters. The summed E-state index contributed by atoms with van der Waals surface area (Å²) in [4.78, 5) is 0. The van der Waals surface area contributed by atoms with Crippen LogP contribution in [0.2, 0.25) is 0 Å². The van der Waals surface area contributed by atoms with Gasteiger partial charge >= 0.3 is 0 Å². The van der Waals surface area contributed by atoms with Gasteiger partial charge in [0.2, 0.25) is 0 Å². The van der Waals surface area contributed by atoms with E-state index in [4.69, 9.17) is 4.74 Å². The lowest BCUT2D eigenvalue weighted by Crippen LogP contribution is -2.43. The van der Waals surface area contributed by atoms with E-state index in [0.717, 1.165) is 25.2 Å². The quantitative estimate of drug-likeness (QED) is 0.450. The molecule has 0 spiro atoms. The Kier molecular flexibility index (Phi) is 4.12. The molecule has 134 valence electrons. The van der Waals surface area contributed by atoms with Gasteiger partial charge in [0, 0.05) is 23.0 Å². The van der Waals surface area contributed by atoms with E-state index in [2.05, 4.69) is 74.6 Å². The first-order valence-corrected chi connectivity index (χ1v) is 10.6. The fraction of sp³-hybridized carbons (Fsp3) is 0.545. The van der Waals surface area contributed by atoms with Crippen LogP contribution in [0.5, 0.6) is 5.75 Å². The largest absolute Gasteiger partial charge is 0.491 e. The SMILES string of the molecule is CC(C)c1cc2c(c3c1OC[C@@H]3I)C1=CCC[C@](C)(CO)[C@]1(C)C=C2. The van der Waals surface area contributed by atoms with Gasteiger partial charge in [-0.2, -0.15) is 0 Å². The van der Waals surface area contributed by atoms with Crippen LogP contribution in [-0.2, 0) is 0 Å². The lowest BCUT2D eigenvalue weighted by Gasteiger charge is -2.50. The van der Waals surface area contributed by atoms with Crippen molar-refractivity contribution >= 4 is 34.2 Å². The van der Waals surface area contributed by atoms with Crippen molar-refractivity contribution in [3.8, 4) is 5.75 Å². The molecule has 0 saturated carbocycles. The van der Waals surface area contributed by atoms with Crippen LogP contribution in [0, 0.1) is 10.8 Å². The van der Waals surface area contributed by atoms with Crippen molar-refractivity contribution < 1.29 is 9.84 Å². The molecule has 3 atom stereocenters. The van der Waals surface area contributed by atoms with Gasteiger partial charge in [-0.3, -0.25) is 0 Å². The topological polar surface area (TPSA) is 29.5 Å². The average molecular weight is 450 g/mol. The van der Waals surface area contributed by atoms with Gasteiger partial charge < -0.3 is 9.84 Å². The lowest BCUT2D eigenvalue weighted by molar-refractivity contribution is 0.0607. The fourth-order valence-electron chi connectivity index (χ4n) is 4.77. The molecule has 1 heterocycles. The summed E-state index contributed by atoms with van der Waals surface area (Å²) in [5, 5.41) is 10.2. The van der Waals surface area contributed by atoms with Gasteiger partial charge in [0.15, 0.2) is 0 Å². The molecule has 25 heavy (non-hydrogen) atoms. The van der Waals surface area contributed by atoms with E-state index in [9.17, 15) is 5.11 Å². The molecule has 1 aliphatic heterocycles. The maximum absolute atomic E-state index is 10.2. The summed E-state index contributed by atoms with van der Waals surface area (Å²) in [5.74, 6) is 1.56. The monoisotopic (exact) mass is 450 g/mol. The maximum atomic E-state index is 10.2. The Morgan fingerprint density at radius 1 is 1.36 bits per heavy atom. The Morgan fingerprint density at radius 3 is 2.80 bits per heavy atom. The lowest BCUT2D eigenvalue weighted by atomic mass is 9.54. The first-order valence-electron chi connectivity index (χ1n) is 9.31.